The number of hydrogen-bond donors (Lipinski definition) is 2. The van der Waals surface area contributed by atoms with Crippen molar-refractivity contribution in [1.82, 2.24) is 10.9 Å². The summed E-state index contributed by atoms with van der Waals surface area (Å²) in [6.07, 6.45) is -0.314. The maximum atomic E-state index is 12.4. The molecule has 0 bridgehead atoms. The second-order valence-corrected chi connectivity index (χ2v) is 7.04. The quantitative estimate of drug-likeness (QED) is 0.704. The van der Waals surface area contributed by atoms with E-state index in [0.29, 0.717) is 23.8 Å². The van der Waals surface area contributed by atoms with Crippen LogP contribution in [0.25, 0.3) is 0 Å². The van der Waals surface area contributed by atoms with Gasteiger partial charge < -0.3 is 14.2 Å². The first kappa shape index (κ1) is 20.8. The lowest BCUT2D eigenvalue weighted by molar-refractivity contribution is -0.134. The molecule has 1 aliphatic heterocycles. The Labute approximate surface area is 174 Å². The molecule has 0 saturated carbocycles. The molecule has 8 heteroatoms. The zero-order chi connectivity index (χ0) is 20.8. The van der Waals surface area contributed by atoms with E-state index < -0.39 is 17.9 Å². The third kappa shape index (κ3) is 5.54. The van der Waals surface area contributed by atoms with Crippen molar-refractivity contribution in [3.8, 4) is 17.2 Å². The zero-order valence-electron chi connectivity index (χ0n) is 16.2. The van der Waals surface area contributed by atoms with Crippen LogP contribution in [0.4, 0.5) is 0 Å². The van der Waals surface area contributed by atoms with Crippen molar-refractivity contribution in [2.75, 3.05) is 13.2 Å². The number of hydrogen-bond acceptors (Lipinski definition) is 5. The van der Waals surface area contributed by atoms with Crippen LogP contribution in [0.2, 0.25) is 5.02 Å². The highest BCUT2D eigenvalue weighted by Gasteiger charge is 2.27. The van der Waals surface area contributed by atoms with Crippen LogP contribution in [0.1, 0.15) is 19.4 Å². The Bertz CT molecular complexity index is 872. The Morgan fingerprint density at radius 2 is 1.90 bits per heavy atom. The van der Waals surface area contributed by atoms with Crippen molar-refractivity contribution in [2.24, 2.45) is 5.92 Å². The summed E-state index contributed by atoms with van der Waals surface area (Å²) in [7, 11) is 0. The van der Waals surface area contributed by atoms with Crippen LogP contribution in [-0.2, 0) is 16.0 Å². The summed E-state index contributed by atoms with van der Waals surface area (Å²) in [4.78, 5) is 24.6. The van der Waals surface area contributed by atoms with E-state index >= 15 is 0 Å². The lowest BCUT2D eigenvalue weighted by atomic mass is 9.96. The van der Waals surface area contributed by atoms with Crippen LogP contribution in [0.15, 0.2) is 42.5 Å². The molecule has 3 rings (SSSR count). The molecule has 2 aromatic carbocycles. The van der Waals surface area contributed by atoms with Crippen molar-refractivity contribution in [3.05, 3.63) is 53.1 Å². The number of halogens is 1. The van der Waals surface area contributed by atoms with Gasteiger partial charge in [0.25, 0.3) is 5.91 Å². The smallest absolute Gasteiger partial charge is 0.279 e. The number of carbonyl (C=O) groups is 2. The number of benzene rings is 2. The maximum absolute atomic E-state index is 12.4. The highest BCUT2D eigenvalue weighted by molar-refractivity contribution is 6.30. The predicted molar refractivity (Wildman–Crippen MR) is 108 cm³/mol. The molecule has 2 atom stereocenters. The molecule has 7 nitrogen and oxygen atoms in total. The van der Waals surface area contributed by atoms with Gasteiger partial charge in [-0.25, -0.2) is 0 Å². The van der Waals surface area contributed by atoms with Crippen molar-refractivity contribution < 1.29 is 23.8 Å². The van der Waals surface area contributed by atoms with Gasteiger partial charge in [0.05, 0.1) is 12.5 Å². The number of nitrogens with one attached hydrogen (secondary N) is 2. The highest BCUT2D eigenvalue weighted by Crippen LogP contribution is 2.29. The fraction of sp³-hybridized carbons (Fsp3) is 0.333. The average Bonchev–Trinajstić information content (AvgIpc) is 2.72. The number of carbonyl (C=O) groups excluding carboxylic acids is 2. The minimum Gasteiger partial charge on any atom is -0.494 e. The standard InChI is InChI=1S/C21H23ClN2O5/c1-3-27-17-5-7-18(8-6-17)29-13(2)20(25)23-24-21(26)15-10-14-11-16(22)4-9-19(14)28-12-15/h4-9,11,13,15H,3,10,12H2,1-2H3,(H,23,25)(H,24,26)/t13-,15-/m1/s1. The molecule has 1 heterocycles. The van der Waals surface area contributed by atoms with E-state index in [4.69, 9.17) is 25.8 Å². The molecule has 0 aromatic heterocycles. The molecular weight excluding hydrogens is 396 g/mol. The van der Waals surface area contributed by atoms with Gasteiger partial charge in [0.15, 0.2) is 6.10 Å². The number of rotatable bonds is 6. The molecule has 0 spiro atoms. The third-order valence-corrected chi connectivity index (χ3v) is 4.66. The molecule has 154 valence electrons. The lowest BCUT2D eigenvalue weighted by Gasteiger charge is -2.25. The van der Waals surface area contributed by atoms with Crippen LogP contribution in [0.5, 0.6) is 17.2 Å². The van der Waals surface area contributed by atoms with Gasteiger partial charge in [-0.2, -0.15) is 0 Å². The molecule has 2 amide bonds. The number of fused-ring (bicyclic) bond motifs is 1. The normalized spacial score (nSPS) is 16.0. The first-order valence-electron chi connectivity index (χ1n) is 9.36. The summed E-state index contributed by atoms with van der Waals surface area (Å²) < 4.78 is 16.6. The largest absolute Gasteiger partial charge is 0.494 e. The minimum atomic E-state index is -0.796. The van der Waals surface area contributed by atoms with E-state index in [9.17, 15) is 9.59 Å². The van der Waals surface area contributed by atoms with E-state index in [0.717, 1.165) is 17.1 Å². The third-order valence-electron chi connectivity index (χ3n) is 4.43. The minimum absolute atomic E-state index is 0.231. The molecule has 0 radical (unpaired) electrons. The van der Waals surface area contributed by atoms with Gasteiger partial charge in [-0.3, -0.25) is 20.4 Å². The van der Waals surface area contributed by atoms with Crippen LogP contribution in [0.3, 0.4) is 0 Å². The van der Waals surface area contributed by atoms with Gasteiger partial charge in [-0.05, 0) is 68.3 Å². The van der Waals surface area contributed by atoms with Gasteiger partial charge in [0, 0.05) is 5.02 Å². The number of ether oxygens (including phenoxy) is 3. The Balaban J connectivity index is 1.47. The van der Waals surface area contributed by atoms with Crippen LogP contribution in [-0.4, -0.2) is 31.1 Å². The average molecular weight is 419 g/mol. The summed E-state index contributed by atoms with van der Waals surface area (Å²) >= 11 is 6.00. The topological polar surface area (TPSA) is 85.9 Å². The molecule has 2 aromatic rings. The zero-order valence-corrected chi connectivity index (χ0v) is 17.0. The summed E-state index contributed by atoms with van der Waals surface area (Å²) in [5.41, 5.74) is 5.70. The molecule has 0 fully saturated rings. The Hall–Kier alpha value is -2.93. The highest BCUT2D eigenvalue weighted by atomic mass is 35.5. The van der Waals surface area contributed by atoms with Crippen molar-refractivity contribution in [2.45, 2.75) is 26.4 Å². The van der Waals surface area contributed by atoms with Crippen LogP contribution < -0.4 is 25.1 Å². The monoisotopic (exact) mass is 418 g/mol. The first-order chi connectivity index (χ1) is 14.0. The van der Waals surface area contributed by atoms with E-state index in [1.807, 2.05) is 6.92 Å². The predicted octanol–water partition coefficient (Wildman–Crippen LogP) is 2.90. The molecule has 2 N–H and O–H groups in total. The van der Waals surface area contributed by atoms with E-state index in [1.165, 1.54) is 0 Å². The fourth-order valence-corrected chi connectivity index (χ4v) is 3.09. The van der Waals surface area contributed by atoms with Gasteiger partial charge in [0.1, 0.15) is 23.9 Å². The fourth-order valence-electron chi connectivity index (χ4n) is 2.90. The number of hydrazine groups is 1. The van der Waals surface area contributed by atoms with Gasteiger partial charge in [0.2, 0.25) is 5.91 Å². The van der Waals surface area contributed by atoms with Gasteiger partial charge in [-0.1, -0.05) is 11.6 Å². The Morgan fingerprint density at radius 3 is 2.62 bits per heavy atom. The molecule has 0 unspecified atom stereocenters. The SMILES string of the molecule is CCOc1ccc(O[C@H](C)C(=O)NNC(=O)[C@H]2COc3ccc(Cl)cc3C2)cc1. The van der Waals surface area contributed by atoms with Gasteiger partial charge in [-0.15, -0.1) is 0 Å². The molecule has 0 aliphatic carbocycles. The first-order valence-corrected chi connectivity index (χ1v) is 9.74. The van der Waals surface area contributed by atoms with Gasteiger partial charge >= 0.3 is 0 Å². The number of amides is 2. The van der Waals surface area contributed by atoms with E-state index in [1.54, 1.807) is 49.4 Å². The van der Waals surface area contributed by atoms with Crippen LogP contribution in [0, 0.1) is 5.92 Å². The summed E-state index contributed by atoms with van der Waals surface area (Å²) in [6.45, 7) is 4.30. The summed E-state index contributed by atoms with van der Waals surface area (Å²) in [5.74, 6) is 0.742. The molecule has 0 saturated heterocycles. The lowest BCUT2D eigenvalue weighted by Crippen LogP contribution is -2.50. The summed E-state index contributed by atoms with van der Waals surface area (Å²) in [5, 5.41) is 0.585. The molecule has 1 aliphatic rings. The van der Waals surface area contributed by atoms with Crippen molar-refractivity contribution in [3.63, 3.8) is 0 Å². The van der Waals surface area contributed by atoms with Crippen LogP contribution >= 0.6 is 11.6 Å². The van der Waals surface area contributed by atoms with E-state index in [-0.39, 0.29) is 12.5 Å². The molecular formula is C21H23ClN2O5. The Kier molecular flexibility index (Phi) is 6.82. The molecule has 29 heavy (non-hydrogen) atoms. The maximum Gasteiger partial charge on any atom is 0.279 e. The van der Waals surface area contributed by atoms with Crippen molar-refractivity contribution >= 4 is 23.4 Å². The second kappa shape index (κ2) is 9.52. The second-order valence-electron chi connectivity index (χ2n) is 6.61. The van der Waals surface area contributed by atoms with Crippen molar-refractivity contribution in [1.29, 1.82) is 0 Å². The van der Waals surface area contributed by atoms with E-state index in [2.05, 4.69) is 10.9 Å². The summed E-state index contributed by atoms with van der Waals surface area (Å²) in [6, 6.07) is 12.3. The Morgan fingerprint density at radius 1 is 1.17 bits per heavy atom.